The van der Waals surface area contributed by atoms with Crippen LogP contribution in [0, 0.1) is 5.82 Å². The normalized spacial score (nSPS) is 16.9. The van der Waals surface area contributed by atoms with Crippen LogP contribution in [0.5, 0.6) is 0 Å². The lowest BCUT2D eigenvalue weighted by atomic mass is 10.1. The second kappa shape index (κ2) is 11.3. The first-order valence-electron chi connectivity index (χ1n) is 13.7. The molecule has 2 amide bonds. The van der Waals surface area contributed by atoms with E-state index < -0.39 is 16.1 Å². The van der Waals surface area contributed by atoms with E-state index in [1.54, 1.807) is 35.2 Å². The minimum absolute atomic E-state index is 0.0761. The average Bonchev–Trinajstić information content (AvgIpc) is 3.51. The number of rotatable bonds is 10. The van der Waals surface area contributed by atoms with E-state index in [0.29, 0.717) is 23.9 Å². The first-order valence-corrected chi connectivity index (χ1v) is 15.1. The summed E-state index contributed by atoms with van der Waals surface area (Å²) in [5.41, 5.74) is 1.35. The molecule has 3 aromatic carbocycles. The summed E-state index contributed by atoms with van der Waals surface area (Å²) >= 11 is 0. The SMILES string of the molecule is CC[C@H](C(=O)NC1CCCC1)N(Cc1ccc(F)cc1)C(=O)CCCN1c2cccc3cccc(c23)S1(=O)=O. The lowest BCUT2D eigenvalue weighted by Gasteiger charge is -2.32. The molecule has 1 aliphatic heterocycles. The fraction of sp³-hybridized carbons (Fsp3) is 0.400. The molecule has 1 saturated carbocycles. The van der Waals surface area contributed by atoms with E-state index >= 15 is 0 Å². The Morgan fingerprint density at radius 2 is 1.74 bits per heavy atom. The largest absolute Gasteiger partial charge is 0.352 e. The van der Waals surface area contributed by atoms with Crippen LogP contribution >= 0.6 is 0 Å². The van der Waals surface area contributed by atoms with E-state index in [2.05, 4.69) is 5.32 Å². The van der Waals surface area contributed by atoms with Crippen LogP contribution in [-0.4, -0.2) is 43.8 Å². The number of sulfonamides is 1. The van der Waals surface area contributed by atoms with Gasteiger partial charge in [0.2, 0.25) is 11.8 Å². The van der Waals surface area contributed by atoms with Crippen LogP contribution in [0.25, 0.3) is 10.8 Å². The lowest BCUT2D eigenvalue weighted by molar-refractivity contribution is -0.141. The number of benzene rings is 3. The van der Waals surface area contributed by atoms with E-state index in [1.807, 2.05) is 25.1 Å². The van der Waals surface area contributed by atoms with Crippen LogP contribution in [0.4, 0.5) is 10.1 Å². The first kappa shape index (κ1) is 27.1. The standard InChI is InChI=1S/C30H34FN3O4S/c1-2-25(30(36)32-24-10-3-4-11-24)33(20-21-15-17-23(31)18-16-21)28(35)14-7-19-34-26-12-5-8-22-9-6-13-27(29(22)26)39(34,37)38/h5-6,8-9,12-13,15-18,24-25H,2-4,7,10-11,14,19-20H2,1H3,(H,32,36)/t25-/m1/s1. The Balaban J connectivity index is 1.32. The molecule has 39 heavy (non-hydrogen) atoms. The molecule has 206 valence electrons. The Hall–Kier alpha value is -3.46. The van der Waals surface area contributed by atoms with Gasteiger partial charge in [0.15, 0.2) is 0 Å². The molecule has 0 unspecified atom stereocenters. The Morgan fingerprint density at radius 3 is 2.44 bits per heavy atom. The van der Waals surface area contributed by atoms with Gasteiger partial charge in [-0.3, -0.25) is 13.9 Å². The Bertz CT molecular complexity index is 1460. The van der Waals surface area contributed by atoms with Gasteiger partial charge in [-0.25, -0.2) is 12.8 Å². The van der Waals surface area contributed by atoms with E-state index in [9.17, 15) is 22.4 Å². The van der Waals surface area contributed by atoms with Gasteiger partial charge in [-0.1, -0.05) is 56.2 Å². The number of nitrogens with zero attached hydrogens (tertiary/aromatic N) is 2. The third kappa shape index (κ3) is 5.50. The molecular formula is C30H34FN3O4S. The zero-order valence-corrected chi connectivity index (χ0v) is 22.9. The van der Waals surface area contributed by atoms with Gasteiger partial charge in [0.1, 0.15) is 11.9 Å². The van der Waals surface area contributed by atoms with Gasteiger partial charge in [0, 0.05) is 30.9 Å². The number of hydrogen-bond acceptors (Lipinski definition) is 4. The van der Waals surface area contributed by atoms with Crippen molar-refractivity contribution in [3.63, 3.8) is 0 Å². The Morgan fingerprint density at radius 1 is 1.05 bits per heavy atom. The van der Waals surface area contributed by atoms with Crippen molar-refractivity contribution in [1.29, 1.82) is 0 Å². The maximum absolute atomic E-state index is 13.6. The van der Waals surface area contributed by atoms with Crippen molar-refractivity contribution >= 4 is 38.3 Å². The van der Waals surface area contributed by atoms with Gasteiger partial charge >= 0.3 is 0 Å². The molecule has 0 aromatic heterocycles. The van der Waals surface area contributed by atoms with Crippen molar-refractivity contribution in [3.8, 4) is 0 Å². The highest BCUT2D eigenvalue weighted by atomic mass is 32.2. The van der Waals surface area contributed by atoms with Crippen LogP contribution in [0.3, 0.4) is 0 Å². The van der Waals surface area contributed by atoms with Crippen molar-refractivity contribution in [2.45, 2.75) is 75.4 Å². The minimum Gasteiger partial charge on any atom is -0.352 e. The monoisotopic (exact) mass is 551 g/mol. The molecule has 1 atom stereocenters. The number of carbonyl (C=O) groups is 2. The fourth-order valence-electron chi connectivity index (χ4n) is 5.79. The number of anilines is 1. The lowest BCUT2D eigenvalue weighted by Crippen LogP contribution is -2.51. The zero-order valence-electron chi connectivity index (χ0n) is 22.1. The van der Waals surface area contributed by atoms with E-state index in [0.717, 1.165) is 36.6 Å². The summed E-state index contributed by atoms with van der Waals surface area (Å²) in [5.74, 6) is -0.783. The minimum atomic E-state index is -3.71. The second-order valence-corrected chi connectivity index (χ2v) is 12.2. The second-order valence-electron chi connectivity index (χ2n) is 10.4. The van der Waals surface area contributed by atoms with E-state index in [4.69, 9.17) is 0 Å². The van der Waals surface area contributed by atoms with Gasteiger partial charge in [-0.05, 0) is 60.9 Å². The summed E-state index contributed by atoms with van der Waals surface area (Å²) in [4.78, 5) is 28.7. The highest BCUT2D eigenvalue weighted by molar-refractivity contribution is 7.93. The molecule has 5 rings (SSSR count). The third-order valence-corrected chi connectivity index (χ3v) is 9.64. The van der Waals surface area contributed by atoms with Crippen LogP contribution in [-0.2, 0) is 26.2 Å². The topological polar surface area (TPSA) is 86.8 Å². The highest BCUT2D eigenvalue weighted by Gasteiger charge is 2.36. The van der Waals surface area contributed by atoms with Crippen LogP contribution in [0.1, 0.15) is 57.4 Å². The molecule has 3 aromatic rings. The number of hydrogen-bond donors (Lipinski definition) is 1. The molecule has 0 radical (unpaired) electrons. The quantitative estimate of drug-likeness (QED) is 0.378. The smallest absolute Gasteiger partial charge is 0.265 e. The summed E-state index contributed by atoms with van der Waals surface area (Å²) in [6, 6.07) is 16.1. The number of amides is 2. The Labute approximate surface area is 229 Å². The number of nitrogens with one attached hydrogen (secondary N) is 1. The van der Waals surface area contributed by atoms with Crippen LogP contribution < -0.4 is 9.62 Å². The molecule has 1 aliphatic carbocycles. The number of carbonyl (C=O) groups excluding carboxylic acids is 2. The van der Waals surface area contributed by atoms with Gasteiger partial charge in [-0.2, -0.15) is 0 Å². The van der Waals surface area contributed by atoms with Gasteiger partial charge in [-0.15, -0.1) is 0 Å². The molecule has 9 heteroatoms. The Kier molecular flexibility index (Phi) is 7.88. The summed E-state index contributed by atoms with van der Waals surface area (Å²) < 4.78 is 41.5. The van der Waals surface area contributed by atoms with E-state index in [1.165, 1.54) is 16.4 Å². The molecule has 1 N–H and O–H groups in total. The predicted octanol–water partition coefficient (Wildman–Crippen LogP) is 5.13. The highest BCUT2D eigenvalue weighted by Crippen LogP contribution is 2.42. The maximum atomic E-state index is 13.6. The van der Waals surface area contributed by atoms with Crippen LogP contribution in [0.2, 0.25) is 0 Å². The molecular weight excluding hydrogens is 517 g/mol. The predicted molar refractivity (Wildman–Crippen MR) is 149 cm³/mol. The van der Waals surface area contributed by atoms with Gasteiger partial charge < -0.3 is 10.2 Å². The third-order valence-electron chi connectivity index (χ3n) is 7.79. The molecule has 1 fully saturated rings. The zero-order chi connectivity index (χ0) is 27.6. The van der Waals surface area contributed by atoms with Crippen molar-refractivity contribution < 1.29 is 22.4 Å². The first-order chi connectivity index (χ1) is 18.8. The van der Waals surface area contributed by atoms with Crippen LogP contribution in [0.15, 0.2) is 65.6 Å². The molecule has 1 heterocycles. The summed E-state index contributed by atoms with van der Waals surface area (Å²) in [5, 5.41) is 4.68. The molecule has 7 nitrogen and oxygen atoms in total. The number of halogens is 1. The summed E-state index contributed by atoms with van der Waals surface area (Å²) in [6.45, 7) is 2.19. The molecule has 0 bridgehead atoms. The summed E-state index contributed by atoms with van der Waals surface area (Å²) in [6.07, 6.45) is 4.84. The van der Waals surface area contributed by atoms with Crippen molar-refractivity contribution in [1.82, 2.24) is 10.2 Å². The van der Waals surface area contributed by atoms with Gasteiger partial charge in [0.05, 0.1) is 10.6 Å². The van der Waals surface area contributed by atoms with Gasteiger partial charge in [0.25, 0.3) is 10.0 Å². The van der Waals surface area contributed by atoms with Crippen molar-refractivity contribution in [2.75, 3.05) is 10.8 Å². The molecule has 2 aliphatic rings. The fourth-order valence-corrected chi connectivity index (χ4v) is 7.54. The van der Waals surface area contributed by atoms with Crippen molar-refractivity contribution in [2.24, 2.45) is 0 Å². The maximum Gasteiger partial charge on any atom is 0.265 e. The van der Waals surface area contributed by atoms with E-state index in [-0.39, 0.29) is 48.1 Å². The molecule has 0 spiro atoms. The summed E-state index contributed by atoms with van der Waals surface area (Å²) in [7, 11) is -3.71. The van der Waals surface area contributed by atoms with Crippen molar-refractivity contribution in [3.05, 3.63) is 72.0 Å². The average molecular weight is 552 g/mol. The molecule has 0 saturated heterocycles.